The van der Waals surface area contributed by atoms with E-state index in [1.54, 1.807) is 0 Å². The van der Waals surface area contributed by atoms with Gasteiger partial charge >= 0.3 is 0 Å². The molecule has 17 heavy (non-hydrogen) atoms. The SMILES string of the molecule is C=C(C#C[Si](C)(C)C)C(O)CC(=O)C(C)(C)C. The van der Waals surface area contributed by atoms with Gasteiger partial charge in [0.2, 0.25) is 0 Å². The average Bonchev–Trinajstić information content (AvgIpc) is 2.11. The van der Waals surface area contributed by atoms with Gasteiger partial charge < -0.3 is 5.11 Å². The van der Waals surface area contributed by atoms with Gasteiger partial charge in [0.15, 0.2) is 0 Å². The fourth-order valence-corrected chi connectivity index (χ4v) is 1.49. The molecule has 0 heterocycles. The molecule has 0 bridgehead atoms. The number of hydrogen-bond donors (Lipinski definition) is 1. The van der Waals surface area contributed by atoms with Gasteiger partial charge in [-0.05, 0) is 0 Å². The number of aliphatic hydroxyl groups excluding tert-OH is 1. The minimum absolute atomic E-state index is 0.0287. The van der Waals surface area contributed by atoms with Crippen molar-refractivity contribution < 1.29 is 9.90 Å². The maximum Gasteiger partial charge on any atom is 0.141 e. The fourth-order valence-electron chi connectivity index (χ4n) is 0.956. The summed E-state index contributed by atoms with van der Waals surface area (Å²) in [7, 11) is -1.46. The summed E-state index contributed by atoms with van der Waals surface area (Å²) in [6.07, 6.45) is -0.742. The molecule has 0 aliphatic rings. The molecule has 1 unspecified atom stereocenters. The van der Waals surface area contributed by atoms with Gasteiger partial charge in [-0.2, -0.15) is 0 Å². The smallest absolute Gasteiger partial charge is 0.141 e. The van der Waals surface area contributed by atoms with Gasteiger partial charge in [-0.15, -0.1) is 5.54 Å². The van der Waals surface area contributed by atoms with E-state index >= 15 is 0 Å². The Labute approximate surface area is 106 Å². The first-order valence-electron chi connectivity index (χ1n) is 5.87. The van der Waals surface area contributed by atoms with E-state index in [-0.39, 0.29) is 12.2 Å². The zero-order valence-electron chi connectivity index (χ0n) is 11.8. The van der Waals surface area contributed by atoms with Gasteiger partial charge in [-0.3, -0.25) is 4.79 Å². The minimum atomic E-state index is -1.46. The summed E-state index contributed by atoms with van der Waals surface area (Å²) in [6.45, 7) is 15.7. The van der Waals surface area contributed by atoms with Crippen molar-refractivity contribution in [2.45, 2.75) is 52.9 Å². The first-order chi connectivity index (χ1) is 7.43. The molecule has 3 heteroatoms. The second-order valence-electron chi connectivity index (χ2n) is 6.42. The van der Waals surface area contributed by atoms with Crippen molar-refractivity contribution in [1.82, 2.24) is 0 Å². The number of Topliss-reactive ketones (excluding diaryl/α,β-unsaturated/α-hetero) is 1. The number of ketones is 1. The van der Waals surface area contributed by atoms with Crippen molar-refractivity contribution in [3.05, 3.63) is 12.2 Å². The van der Waals surface area contributed by atoms with Gasteiger partial charge in [0.05, 0.1) is 6.10 Å². The Kier molecular flexibility index (Phi) is 5.37. The summed E-state index contributed by atoms with van der Waals surface area (Å²) in [5.74, 6) is 2.92. The average molecular weight is 252 g/mol. The van der Waals surface area contributed by atoms with E-state index in [0.717, 1.165) is 0 Å². The number of hydrogen-bond acceptors (Lipinski definition) is 2. The van der Waals surface area contributed by atoms with E-state index in [4.69, 9.17) is 0 Å². The summed E-state index contributed by atoms with van der Waals surface area (Å²) in [5.41, 5.74) is 3.16. The van der Waals surface area contributed by atoms with Crippen LogP contribution in [0.5, 0.6) is 0 Å². The normalized spacial score (nSPS) is 13.6. The zero-order chi connectivity index (χ0) is 13.9. The van der Waals surface area contributed by atoms with Crippen molar-refractivity contribution in [3.63, 3.8) is 0 Å². The summed E-state index contributed by atoms with van der Waals surface area (Å²) in [4.78, 5) is 11.7. The topological polar surface area (TPSA) is 37.3 Å². The highest BCUT2D eigenvalue weighted by atomic mass is 28.3. The van der Waals surface area contributed by atoms with E-state index in [9.17, 15) is 9.90 Å². The van der Waals surface area contributed by atoms with Crippen LogP contribution < -0.4 is 0 Å². The molecule has 0 aliphatic heterocycles. The third-order valence-electron chi connectivity index (χ3n) is 2.22. The predicted octanol–water partition coefficient (Wildman–Crippen LogP) is 2.79. The molecule has 0 saturated carbocycles. The second-order valence-corrected chi connectivity index (χ2v) is 11.2. The first kappa shape index (κ1) is 16.1. The molecule has 0 radical (unpaired) electrons. The molecule has 0 spiro atoms. The quantitative estimate of drug-likeness (QED) is 0.619. The van der Waals surface area contributed by atoms with Crippen molar-refractivity contribution in [3.8, 4) is 11.5 Å². The van der Waals surface area contributed by atoms with Crippen LogP contribution in [0, 0.1) is 16.9 Å². The largest absolute Gasteiger partial charge is 0.387 e. The van der Waals surface area contributed by atoms with E-state index < -0.39 is 19.6 Å². The minimum Gasteiger partial charge on any atom is -0.387 e. The highest BCUT2D eigenvalue weighted by Crippen LogP contribution is 2.19. The molecule has 0 aliphatic carbocycles. The maximum atomic E-state index is 11.7. The lowest BCUT2D eigenvalue weighted by Crippen LogP contribution is -2.26. The number of aliphatic hydroxyl groups is 1. The summed E-state index contributed by atoms with van der Waals surface area (Å²) >= 11 is 0. The number of carbonyl (C=O) groups is 1. The Morgan fingerprint density at radius 3 is 2.18 bits per heavy atom. The lowest BCUT2D eigenvalue weighted by molar-refractivity contribution is -0.127. The molecule has 0 saturated heterocycles. The van der Waals surface area contributed by atoms with Crippen LogP contribution in [0.3, 0.4) is 0 Å². The Bertz CT molecular complexity index is 358. The van der Waals surface area contributed by atoms with Crippen LogP contribution in [0.25, 0.3) is 0 Å². The Morgan fingerprint density at radius 1 is 1.35 bits per heavy atom. The Hall–Kier alpha value is -0.853. The molecule has 0 aromatic rings. The second kappa shape index (κ2) is 5.66. The standard InChI is InChI=1S/C14H24O2Si/c1-11(8-9-17(5,6)7)12(15)10-13(16)14(2,3)4/h12,15H,1,10H2,2-7H3. The maximum absolute atomic E-state index is 11.7. The molecule has 0 amide bonds. The van der Waals surface area contributed by atoms with Crippen LogP contribution in [-0.4, -0.2) is 25.1 Å². The van der Waals surface area contributed by atoms with Gasteiger partial charge in [0.25, 0.3) is 0 Å². The number of carbonyl (C=O) groups excluding carboxylic acids is 1. The first-order valence-corrected chi connectivity index (χ1v) is 9.37. The molecular formula is C14H24O2Si. The van der Waals surface area contributed by atoms with Crippen LogP contribution in [0.15, 0.2) is 12.2 Å². The summed E-state index contributed by atoms with van der Waals surface area (Å²) < 4.78 is 0. The van der Waals surface area contributed by atoms with Gasteiger partial charge in [0, 0.05) is 17.4 Å². The molecular weight excluding hydrogens is 228 g/mol. The van der Waals surface area contributed by atoms with Crippen molar-refractivity contribution in [1.29, 1.82) is 0 Å². The van der Waals surface area contributed by atoms with Crippen LogP contribution in [0.4, 0.5) is 0 Å². The highest BCUT2D eigenvalue weighted by molar-refractivity contribution is 6.83. The molecule has 0 aromatic carbocycles. The van der Waals surface area contributed by atoms with Gasteiger partial charge in [-0.1, -0.05) is 52.9 Å². The van der Waals surface area contributed by atoms with Crippen LogP contribution >= 0.6 is 0 Å². The van der Waals surface area contributed by atoms with E-state index in [2.05, 4.69) is 37.7 Å². The van der Waals surface area contributed by atoms with Gasteiger partial charge in [-0.25, -0.2) is 0 Å². The van der Waals surface area contributed by atoms with Crippen LogP contribution in [0.1, 0.15) is 27.2 Å². The molecule has 0 rings (SSSR count). The summed E-state index contributed by atoms with van der Waals surface area (Å²) in [5, 5.41) is 9.84. The summed E-state index contributed by atoms with van der Waals surface area (Å²) in [6, 6.07) is 0. The Morgan fingerprint density at radius 2 is 1.82 bits per heavy atom. The lowest BCUT2D eigenvalue weighted by atomic mass is 9.86. The third kappa shape index (κ3) is 7.14. The zero-order valence-corrected chi connectivity index (χ0v) is 12.8. The van der Waals surface area contributed by atoms with Gasteiger partial charge in [0.1, 0.15) is 13.9 Å². The number of rotatable bonds is 3. The van der Waals surface area contributed by atoms with Crippen molar-refractivity contribution >= 4 is 13.9 Å². The third-order valence-corrected chi connectivity index (χ3v) is 3.09. The molecule has 0 fully saturated rings. The lowest BCUT2D eigenvalue weighted by Gasteiger charge is -2.18. The van der Waals surface area contributed by atoms with E-state index in [1.807, 2.05) is 20.8 Å². The molecule has 96 valence electrons. The van der Waals surface area contributed by atoms with E-state index in [1.165, 1.54) is 0 Å². The predicted molar refractivity (Wildman–Crippen MR) is 75.3 cm³/mol. The Balaban J connectivity index is 4.53. The fraction of sp³-hybridized carbons (Fsp3) is 0.643. The van der Waals surface area contributed by atoms with Crippen LogP contribution in [-0.2, 0) is 4.79 Å². The molecule has 1 N–H and O–H groups in total. The molecule has 1 atom stereocenters. The monoisotopic (exact) mass is 252 g/mol. The van der Waals surface area contributed by atoms with Crippen molar-refractivity contribution in [2.24, 2.45) is 5.41 Å². The highest BCUT2D eigenvalue weighted by Gasteiger charge is 2.24. The van der Waals surface area contributed by atoms with Crippen LogP contribution in [0.2, 0.25) is 19.6 Å². The van der Waals surface area contributed by atoms with Crippen molar-refractivity contribution in [2.75, 3.05) is 0 Å². The molecule has 2 nitrogen and oxygen atoms in total. The molecule has 0 aromatic heterocycles. The van der Waals surface area contributed by atoms with E-state index in [0.29, 0.717) is 5.57 Å².